The molecule has 38 heavy (non-hydrogen) atoms. The second-order valence-corrected chi connectivity index (χ2v) is 11.0. The van der Waals surface area contributed by atoms with Gasteiger partial charge in [-0.15, -0.1) is 0 Å². The maximum Gasteiger partial charge on any atom is 0.410 e. The third kappa shape index (κ3) is 7.31. The molecule has 3 aliphatic heterocycles. The van der Waals surface area contributed by atoms with Gasteiger partial charge < -0.3 is 24.4 Å². The van der Waals surface area contributed by atoms with Crippen molar-refractivity contribution in [2.24, 2.45) is 0 Å². The molecule has 2 saturated heterocycles. The molecule has 9 nitrogen and oxygen atoms in total. The molecule has 1 aromatic carbocycles. The summed E-state index contributed by atoms with van der Waals surface area (Å²) in [6.45, 7) is 9.34. The molecule has 1 aromatic rings. The van der Waals surface area contributed by atoms with Gasteiger partial charge in [-0.1, -0.05) is 18.2 Å². The van der Waals surface area contributed by atoms with Crippen LogP contribution in [-0.2, 0) is 25.4 Å². The monoisotopic (exact) mass is 528 g/mol. The lowest BCUT2D eigenvalue weighted by molar-refractivity contribution is -0.133. The zero-order chi connectivity index (χ0) is 27.3. The number of ether oxygens (including phenoxy) is 3. The van der Waals surface area contributed by atoms with Gasteiger partial charge in [0.25, 0.3) is 5.91 Å². The fourth-order valence-electron chi connectivity index (χ4n) is 4.71. The smallest absolute Gasteiger partial charge is 0.410 e. The number of nitrogens with zero attached hydrogens (tertiary/aromatic N) is 3. The summed E-state index contributed by atoms with van der Waals surface area (Å²) in [5.41, 5.74) is 1.63. The Labute approximate surface area is 223 Å². The Morgan fingerprint density at radius 2 is 2.08 bits per heavy atom. The van der Waals surface area contributed by atoms with Gasteiger partial charge in [0.1, 0.15) is 17.5 Å². The van der Waals surface area contributed by atoms with Crippen LogP contribution >= 0.6 is 0 Å². The quantitative estimate of drug-likeness (QED) is 0.606. The van der Waals surface area contributed by atoms with Crippen molar-refractivity contribution < 1.29 is 28.2 Å². The molecule has 0 aliphatic carbocycles. The Kier molecular flexibility index (Phi) is 9.03. The summed E-state index contributed by atoms with van der Waals surface area (Å²) in [4.78, 5) is 29.3. The van der Waals surface area contributed by atoms with Crippen molar-refractivity contribution in [2.75, 3.05) is 46.0 Å². The summed E-state index contributed by atoms with van der Waals surface area (Å²) in [7, 11) is 0. The van der Waals surface area contributed by atoms with Crippen molar-refractivity contribution in [2.45, 2.75) is 63.8 Å². The normalized spacial score (nSPS) is 21.9. The van der Waals surface area contributed by atoms with Crippen molar-refractivity contribution >= 4 is 17.6 Å². The minimum absolute atomic E-state index is 0.0161. The molecule has 0 radical (unpaired) electrons. The van der Waals surface area contributed by atoms with E-state index < -0.39 is 35.6 Å². The molecule has 1 N–H and O–H groups in total. The molecule has 206 valence electrons. The maximum absolute atomic E-state index is 15.0. The third-order valence-corrected chi connectivity index (χ3v) is 6.92. The molecule has 0 saturated carbocycles. The SMILES string of the molecule is CC(C)(C)OC(=O)N1CCCO[C@H](C(=O)NC(C#N)Cc2ccc(C3=CCN(C4COC4)CC3)cc2F)C1. The fraction of sp³-hybridized carbons (Fsp3) is 0.607. The molecular weight excluding hydrogens is 491 g/mol. The minimum atomic E-state index is -0.947. The van der Waals surface area contributed by atoms with E-state index >= 15 is 4.39 Å². The Morgan fingerprint density at radius 1 is 1.29 bits per heavy atom. The highest BCUT2D eigenvalue weighted by Gasteiger charge is 2.32. The Hall–Kier alpha value is -3.00. The number of carbonyl (C=O) groups excluding carboxylic acids is 2. The molecule has 4 rings (SSSR count). The highest BCUT2D eigenvalue weighted by atomic mass is 19.1. The third-order valence-electron chi connectivity index (χ3n) is 6.92. The Morgan fingerprint density at radius 3 is 2.68 bits per heavy atom. The lowest BCUT2D eigenvalue weighted by atomic mass is 9.95. The predicted octanol–water partition coefficient (Wildman–Crippen LogP) is 2.89. The molecule has 2 atom stereocenters. The van der Waals surface area contributed by atoms with Gasteiger partial charge in [-0.3, -0.25) is 9.69 Å². The molecule has 1 unspecified atom stereocenters. The molecule has 0 spiro atoms. The van der Waals surface area contributed by atoms with Crippen molar-refractivity contribution in [3.05, 3.63) is 41.2 Å². The number of halogens is 1. The van der Waals surface area contributed by atoms with E-state index in [1.165, 1.54) is 11.0 Å². The maximum atomic E-state index is 15.0. The minimum Gasteiger partial charge on any atom is -0.444 e. The van der Waals surface area contributed by atoms with Crippen LogP contribution in [-0.4, -0.2) is 91.6 Å². The lowest BCUT2D eigenvalue weighted by Crippen LogP contribution is -2.50. The summed E-state index contributed by atoms with van der Waals surface area (Å²) in [6, 6.07) is 6.64. The standard InChI is InChI=1S/C28H37FN4O5/c1-28(2,3)38-27(35)33-9-4-12-37-25(16-33)26(34)31-22(15-30)13-21-6-5-20(14-24(21)29)19-7-10-32(11-8-19)23-17-36-18-23/h5-7,14,22-23,25H,4,8-13,16-18H2,1-3H3,(H,31,34)/t22?,25-/m0/s1. The van der Waals surface area contributed by atoms with Crippen LogP contribution in [0.15, 0.2) is 24.3 Å². The Balaban J connectivity index is 1.34. The number of hydrogen-bond donors (Lipinski definition) is 1. The molecule has 0 aromatic heterocycles. The van der Waals surface area contributed by atoms with Crippen LogP contribution in [0.2, 0.25) is 0 Å². The number of nitriles is 1. The van der Waals surface area contributed by atoms with Gasteiger partial charge in [0.2, 0.25) is 0 Å². The van der Waals surface area contributed by atoms with Crippen LogP contribution in [0.1, 0.15) is 44.7 Å². The number of hydrogen-bond acceptors (Lipinski definition) is 7. The molecule has 0 bridgehead atoms. The van der Waals surface area contributed by atoms with E-state index in [1.807, 2.05) is 12.1 Å². The van der Waals surface area contributed by atoms with Crippen LogP contribution in [0.5, 0.6) is 0 Å². The van der Waals surface area contributed by atoms with Gasteiger partial charge in [-0.05, 0) is 56.4 Å². The molecule has 10 heteroatoms. The summed E-state index contributed by atoms with van der Waals surface area (Å²) in [6.07, 6.45) is 2.10. The van der Waals surface area contributed by atoms with Crippen LogP contribution in [0, 0.1) is 17.1 Å². The van der Waals surface area contributed by atoms with E-state index in [2.05, 4.69) is 16.3 Å². The second kappa shape index (κ2) is 12.2. The zero-order valence-electron chi connectivity index (χ0n) is 22.4. The first kappa shape index (κ1) is 28.0. The first-order valence-corrected chi connectivity index (χ1v) is 13.2. The van der Waals surface area contributed by atoms with Gasteiger partial charge in [-0.2, -0.15) is 5.26 Å². The van der Waals surface area contributed by atoms with Gasteiger partial charge in [0.15, 0.2) is 6.10 Å². The molecule has 3 heterocycles. The van der Waals surface area contributed by atoms with E-state index in [9.17, 15) is 14.9 Å². The predicted molar refractivity (Wildman–Crippen MR) is 139 cm³/mol. The summed E-state index contributed by atoms with van der Waals surface area (Å²) in [5.74, 6) is -0.924. The van der Waals surface area contributed by atoms with Crippen LogP contribution in [0.3, 0.4) is 0 Å². The number of benzene rings is 1. The van der Waals surface area contributed by atoms with Gasteiger partial charge >= 0.3 is 6.09 Å². The number of rotatable bonds is 6. The van der Waals surface area contributed by atoms with E-state index in [-0.39, 0.29) is 13.0 Å². The largest absolute Gasteiger partial charge is 0.444 e. The lowest BCUT2D eigenvalue weighted by Gasteiger charge is -2.38. The average Bonchev–Trinajstić information content (AvgIpc) is 3.10. The van der Waals surface area contributed by atoms with E-state index in [4.69, 9.17) is 14.2 Å². The van der Waals surface area contributed by atoms with Crippen LogP contribution in [0.25, 0.3) is 5.57 Å². The Bertz CT molecular complexity index is 1090. The van der Waals surface area contributed by atoms with Crippen LogP contribution < -0.4 is 5.32 Å². The summed E-state index contributed by atoms with van der Waals surface area (Å²) < 4.78 is 31.4. The second-order valence-electron chi connectivity index (χ2n) is 11.0. The number of amides is 2. The average molecular weight is 529 g/mol. The first-order valence-electron chi connectivity index (χ1n) is 13.2. The first-order chi connectivity index (χ1) is 18.1. The molecule has 2 fully saturated rings. The van der Waals surface area contributed by atoms with Crippen LogP contribution in [0.4, 0.5) is 9.18 Å². The van der Waals surface area contributed by atoms with Crippen molar-refractivity contribution in [1.82, 2.24) is 15.1 Å². The van der Waals surface area contributed by atoms with Crippen molar-refractivity contribution in [3.8, 4) is 6.07 Å². The zero-order valence-corrected chi connectivity index (χ0v) is 22.4. The fourth-order valence-corrected chi connectivity index (χ4v) is 4.71. The highest BCUT2D eigenvalue weighted by molar-refractivity contribution is 5.82. The molecule has 2 amide bonds. The molecular formula is C28H37FN4O5. The molecule has 3 aliphatic rings. The topological polar surface area (TPSA) is 104 Å². The summed E-state index contributed by atoms with van der Waals surface area (Å²) in [5, 5.41) is 12.3. The van der Waals surface area contributed by atoms with E-state index in [0.717, 1.165) is 43.9 Å². The number of nitrogens with one attached hydrogen (secondary N) is 1. The van der Waals surface area contributed by atoms with E-state index in [0.29, 0.717) is 31.2 Å². The van der Waals surface area contributed by atoms with Gasteiger partial charge in [0.05, 0.1) is 31.9 Å². The van der Waals surface area contributed by atoms with E-state index in [1.54, 1.807) is 26.8 Å². The van der Waals surface area contributed by atoms with Gasteiger partial charge in [0, 0.05) is 32.7 Å². The number of carbonyl (C=O) groups is 2. The van der Waals surface area contributed by atoms with Gasteiger partial charge in [-0.25, -0.2) is 9.18 Å². The highest BCUT2D eigenvalue weighted by Crippen LogP contribution is 2.26. The van der Waals surface area contributed by atoms with Crippen molar-refractivity contribution in [1.29, 1.82) is 5.26 Å². The summed E-state index contributed by atoms with van der Waals surface area (Å²) >= 11 is 0. The van der Waals surface area contributed by atoms with Crippen molar-refractivity contribution in [3.63, 3.8) is 0 Å².